The average Bonchev–Trinajstić information content (AvgIpc) is 3.26. The van der Waals surface area contributed by atoms with E-state index < -0.39 is 22.0 Å². The molecular formula is C24H22N2O6S. The quantitative estimate of drug-likeness (QED) is 0.631. The number of nitrogens with one attached hydrogen (secondary N) is 1. The zero-order valence-electron chi connectivity index (χ0n) is 18.1. The van der Waals surface area contributed by atoms with Crippen LogP contribution in [0.3, 0.4) is 0 Å². The predicted molar refractivity (Wildman–Crippen MR) is 123 cm³/mol. The van der Waals surface area contributed by atoms with Gasteiger partial charge < -0.3 is 19.5 Å². The molecule has 2 aliphatic rings. The van der Waals surface area contributed by atoms with Gasteiger partial charge in [-0.05, 0) is 55.8 Å². The highest BCUT2D eigenvalue weighted by Crippen LogP contribution is 2.38. The summed E-state index contributed by atoms with van der Waals surface area (Å²) < 4.78 is 44.8. The van der Waals surface area contributed by atoms with Crippen LogP contribution in [-0.4, -0.2) is 33.8 Å². The van der Waals surface area contributed by atoms with Crippen LogP contribution in [0.2, 0.25) is 0 Å². The van der Waals surface area contributed by atoms with Crippen molar-refractivity contribution in [3.05, 3.63) is 71.8 Å². The Morgan fingerprint density at radius 3 is 2.42 bits per heavy atom. The lowest BCUT2D eigenvalue weighted by molar-refractivity contribution is -0.122. The Kier molecular flexibility index (Phi) is 5.13. The van der Waals surface area contributed by atoms with Crippen LogP contribution in [0.1, 0.15) is 11.1 Å². The molecule has 0 aromatic heterocycles. The van der Waals surface area contributed by atoms with Gasteiger partial charge in [-0.3, -0.25) is 9.10 Å². The second kappa shape index (κ2) is 8.00. The Balaban J connectivity index is 1.46. The van der Waals surface area contributed by atoms with Crippen LogP contribution >= 0.6 is 0 Å². The molecule has 0 radical (unpaired) electrons. The van der Waals surface area contributed by atoms with Crippen molar-refractivity contribution in [1.82, 2.24) is 0 Å². The van der Waals surface area contributed by atoms with Crippen LogP contribution in [0.5, 0.6) is 17.2 Å². The van der Waals surface area contributed by atoms with Gasteiger partial charge in [0.05, 0.1) is 17.1 Å². The summed E-state index contributed by atoms with van der Waals surface area (Å²) in [6.07, 6.45) is -1.05. The van der Waals surface area contributed by atoms with Crippen LogP contribution in [0.4, 0.5) is 11.4 Å². The fourth-order valence-corrected chi connectivity index (χ4v) is 5.24. The third-order valence-electron chi connectivity index (χ3n) is 5.53. The van der Waals surface area contributed by atoms with E-state index in [1.165, 1.54) is 4.31 Å². The Bertz CT molecular complexity index is 1340. The van der Waals surface area contributed by atoms with Gasteiger partial charge in [-0.15, -0.1) is 0 Å². The summed E-state index contributed by atoms with van der Waals surface area (Å²) in [5.74, 6) is 0.997. The third-order valence-corrected chi connectivity index (χ3v) is 7.32. The number of carbonyl (C=O) groups is 1. The number of rotatable bonds is 4. The lowest BCUT2D eigenvalue weighted by Gasteiger charge is -2.35. The van der Waals surface area contributed by atoms with E-state index in [2.05, 4.69) is 5.32 Å². The van der Waals surface area contributed by atoms with Crippen molar-refractivity contribution in [2.45, 2.75) is 24.8 Å². The van der Waals surface area contributed by atoms with Crippen molar-refractivity contribution in [2.24, 2.45) is 0 Å². The second-order valence-electron chi connectivity index (χ2n) is 7.98. The molecule has 0 saturated heterocycles. The highest BCUT2D eigenvalue weighted by molar-refractivity contribution is 7.92. The predicted octanol–water partition coefficient (Wildman–Crippen LogP) is 3.63. The maximum absolute atomic E-state index is 13.5. The summed E-state index contributed by atoms with van der Waals surface area (Å²) in [5.41, 5.74) is 2.73. The van der Waals surface area contributed by atoms with Crippen molar-refractivity contribution in [1.29, 1.82) is 0 Å². The second-order valence-corrected chi connectivity index (χ2v) is 9.85. The molecule has 0 unspecified atom stereocenters. The minimum absolute atomic E-state index is 0.125. The van der Waals surface area contributed by atoms with Crippen molar-refractivity contribution >= 4 is 27.3 Å². The van der Waals surface area contributed by atoms with Crippen LogP contribution in [0, 0.1) is 13.8 Å². The smallest absolute Gasteiger partial charge is 0.267 e. The maximum atomic E-state index is 13.5. The molecule has 0 fully saturated rings. The molecule has 1 amide bonds. The summed E-state index contributed by atoms with van der Waals surface area (Å²) >= 11 is 0. The lowest BCUT2D eigenvalue weighted by Crippen LogP contribution is -2.48. The van der Waals surface area contributed by atoms with Crippen molar-refractivity contribution in [3.63, 3.8) is 0 Å². The maximum Gasteiger partial charge on any atom is 0.267 e. The first kappa shape index (κ1) is 21.1. The molecule has 2 aliphatic heterocycles. The van der Waals surface area contributed by atoms with Gasteiger partial charge in [0.1, 0.15) is 5.75 Å². The first-order valence-electron chi connectivity index (χ1n) is 10.4. The fraction of sp³-hybridized carbons (Fsp3) is 0.208. The summed E-state index contributed by atoms with van der Waals surface area (Å²) in [6.45, 7) is 3.72. The summed E-state index contributed by atoms with van der Waals surface area (Å²) in [7, 11) is -3.92. The minimum Gasteiger partial charge on any atom is -0.476 e. The van der Waals surface area contributed by atoms with Crippen molar-refractivity contribution in [3.8, 4) is 17.2 Å². The molecule has 170 valence electrons. The molecule has 3 aromatic rings. The Morgan fingerprint density at radius 2 is 1.64 bits per heavy atom. The molecule has 1 atom stereocenters. The molecule has 0 spiro atoms. The van der Waals surface area contributed by atoms with Crippen molar-refractivity contribution < 1.29 is 27.4 Å². The van der Waals surface area contributed by atoms with Gasteiger partial charge in [0, 0.05) is 11.8 Å². The molecule has 5 rings (SSSR count). The van der Waals surface area contributed by atoms with Gasteiger partial charge in [-0.2, -0.15) is 0 Å². The summed E-state index contributed by atoms with van der Waals surface area (Å²) in [6, 6.07) is 16.9. The highest BCUT2D eigenvalue weighted by Gasteiger charge is 2.37. The van der Waals surface area contributed by atoms with E-state index in [1.807, 2.05) is 19.9 Å². The first-order chi connectivity index (χ1) is 15.8. The molecule has 9 heteroatoms. The van der Waals surface area contributed by atoms with E-state index in [0.717, 1.165) is 11.1 Å². The lowest BCUT2D eigenvalue weighted by atomic mass is 10.1. The Morgan fingerprint density at radius 1 is 0.909 bits per heavy atom. The molecular weight excluding hydrogens is 444 g/mol. The number of fused-ring (bicyclic) bond motifs is 2. The fourth-order valence-electron chi connectivity index (χ4n) is 3.76. The number of sulfonamides is 1. The molecule has 1 N–H and O–H groups in total. The molecule has 8 nitrogen and oxygen atoms in total. The molecule has 0 bridgehead atoms. The average molecular weight is 467 g/mol. The van der Waals surface area contributed by atoms with E-state index >= 15 is 0 Å². The first-order valence-corrected chi connectivity index (χ1v) is 11.8. The van der Waals surface area contributed by atoms with Crippen LogP contribution in [0.25, 0.3) is 0 Å². The van der Waals surface area contributed by atoms with Gasteiger partial charge in [0.2, 0.25) is 6.79 Å². The van der Waals surface area contributed by atoms with E-state index in [9.17, 15) is 13.2 Å². The van der Waals surface area contributed by atoms with E-state index in [1.54, 1.807) is 54.6 Å². The summed E-state index contributed by atoms with van der Waals surface area (Å²) in [4.78, 5) is 13.2. The number of amides is 1. The number of nitrogens with zero attached hydrogens (tertiary/aromatic N) is 1. The van der Waals surface area contributed by atoms with Gasteiger partial charge in [-0.25, -0.2) is 8.42 Å². The number of hydrogen-bond donors (Lipinski definition) is 1. The molecule has 0 saturated carbocycles. The van der Waals surface area contributed by atoms with Gasteiger partial charge >= 0.3 is 0 Å². The number of ether oxygens (including phenoxy) is 3. The zero-order chi connectivity index (χ0) is 23.2. The van der Waals surface area contributed by atoms with Gasteiger partial charge in [0.15, 0.2) is 17.6 Å². The SMILES string of the molecule is Cc1ccc(S(=O)(=O)N2C[C@H](C(=O)Nc3ccc4c(c3)OCO4)Oc3cc(C)ccc32)cc1. The zero-order valence-corrected chi connectivity index (χ0v) is 18.9. The van der Waals surface area contributed by atoms with Crippen LogP contribution < -0.4 is 23.8 Å². The Hall–Kier alpha value is -3.72. The van der Waals surface area contributed by atoms with E-state index in [-0.39, 0.29) is 18.2 Å². The van der Waals surface area contributed by atoms with Gasteiger partial charge in [0.25, 0.3) is 15.9 Å². The number of benzene rings is 3. The number of carbonyl (C=O) groups excluding carboxylic acids is 1. The standard InChI is InChI=1S/C24H22N2O6S/c1-15-3-7-18(8-4-15)33(28,29)26-13-23(32-21-11-16(2)5-9-19(21)26)24(27)25-17-6-10-20-22(12-17)31-14-30-20/h3-12,23H,13-14H2,1-2H3,(H,25,27)/t23-/m1/s1. The molecule has 3 aromatic carbocycles. The largest absolute Gasteiger partial charge is 0.476 e. The molecule has 2 heterocycles. The number of anilines is 2. The van der Waals surface area contributed by atoms with E-state index in [0.29, 0.717) is 28.6 Å². The monoisotopic (exact) mass is 466 g/mol. The highest BCUT2D eigenvalue weighted by atomic mass is 32.2. The normalized spacial score (nSPS) is 16.7. The van der Waals surface area contributed by atoms with Crippen LogP contribution in [-0.2, 0) is 14.8 Å². The number of hydrogen-bond acceptors (Lipinski definition) is 6. The van der Waals surface area contributed by atoms with Crippen LogP contribution in [0.15, 0.2) is 65.6 Å². The van der Waals surface area contributed by atoms with Crippen molar-refractivity contribution in [2.75, 3.05) is 23.0 Å². The topological polar surface area (TPSA) is 94.2 Å². The van der Waals surface area contributed by atoms with E-state index in [4.69, 9.17) is 14.2 Å². The minimum atomic E-state index is -3.92. The number of aryl methyl sites for hydroxylation is 2. The summed E-state index contributed by atoms with van der Waals surface area (Å²) in [5, 5.41) is 2.79. The third kappa shape index (κ3) is 3.95. The van der Waals surface area contributed by atoms with Gasteiger partial charge in [-0.1, -0.05) is 23.8 Å². The molecule has 0 aliphatic carbocycles. The molecule has 33 heavy (non-hydrogen) atoms. The Labute approximate surface area is 191 Å².